The number of aryl methyl sites for hydroxylation is 1. The predicted octanol–water partition coefficient (Wildman–Crippen LogP) is 3.02. The van der Waals surface area contributed by atoms with Gasteiger partial charge < -0.3 is 15.5 Å². The van der Waals surface area contributed by atoms with Gasteiger partial charge in [0.1, 0.15) is 0 Å². The Morgan fingerprint density at radius 3 is 2.70 bits per heavy atom. The highest BCUT2D eigenvalue weighted by Gasteiger charge is 2.36. The van der Waals surface area contributed by atoms with Gasteiger partial charge in [-0.25, -0.2) is 0 Å². The van der Waals surface area contributed by atoms with E-state index < -0.39 is 0 Å². The molecule has 2 N–H and O–H groups in total. The molecule has 0 radical (unpaired) electrons. The zero-order valence-corrected chi connectivity index (χ0v) is 16.6. The van der Waals surface area contributed by atoms with Crippen molar-refractivity contribution in [1.82, 2.24) is 15.2 Å². The number of carbonyl (C=O) groups excluding carboxylic acids is 2. The molecule has 1 fully saturated rings. The van der Waals surface area contributed by atoms with Crippen LogP contribution in [0.5, 0.6) is 0 Å². The summed E-state index contributed by atoms with van der Waals surface area (Å²) in [4.78, 5) is 30.2. The minimum Gasteiger partial charge on any atom is -0.376 e. The van der Waals surface area contributed by atoms with Crippen molar-refractivity contribution in [3.8, 4) is 0 Å². The van der Waals surface area contributed by atoms with Crippen molar-refractivity contribution in [2.45, 2.75) is 46.1 Å². The molecule has 2 rings (SSSR count). The first kappa shape index (κ1) is 20.5. The Morgan fingerprint density at radius 2 is 2.15 bits per heavy atom. The molecule has 1 saturated heterocycles. The third kappa shape index (κ3) is 4.86. The van der Waals surface area contributed by atoms with Crippen LogP contribution in [-0.4, -0.2) is 40.3 Å². The molecule has 144 valence electrons. The van der Waals surface area contributed by atoms with Gasteiger partial charge in [0.25, 0.3) is 5.91 Å². The number of nitrogens with zero attached hydrogens (tertiary/aromatic N) is 2. The average molecular weight is 368 g/mol. The lowest BCUT2D eigenvalue weighted by Crippen LogP contribution is -2.44. The molecule has 0 atom stereocenters. The standard InChI is InChI=1S/C21H28N4O2/c1-7-17(22-10-11-25-19(26)8-9-21(25,5)6)16-12-18(15(4)23-13-16)24-20(27)14(2)3/h12-13,22H,1-2,8-11H2,3-6H3,(H,24,27). The van der Waals surface area contributed by atoms with Gasteiger partial charge in [-0.05, 0) is 40.2 Å². The Morgan fingerprint density at radius 1 is 1.44 bits per heavy atom. The first-order valence-corrected chi connectivity index (χ1v) is 9.04. The van der Waals surface area contributed by atoms with Crippen molar-refractivity contribution >= 4 is 23.2 Å². The normalized spacial score (nSPS) is 15.3. The smallest absolute Gasteiger partial charge is 0.250 e. The molecule has 1 aliphatic rings. The van der Waals surface area contributed by atoms with E-state index >= 15 is 0 Å². The highest BCUT2D eigenvalue weighted by atomic mass is 16.2. The first-order valence-electron chi connectivity index (χ1n) is 9.04. The molecule has 0 unspecified atom stereocenters. The van der Waals surface area contributed by atoms with Crippen molar-refractivity contribution < 1.29 is 9.59 Å². The summed E-state index contributed by atoms with van der Waals surface area (Å²) in [5, 5.41) is 6.08. The molecule has 1 aromatic rings. The number of amides is 2. The largest absolute Gasteiger partial charge is 0.376 e. The summed E-state index contributed by atoms with van der Waals surface area (Å²) in [7, 11) is 0. The summed E-state index contributed by atoms with van der Waals surface area (Å²) in [5.74, 6) is -0.0587. The van der Waals surface area contributed by atoms with Gasteiger partial charge in [-0.2, -0.15) is 0 Å². The van der Waals surface area contributed by atoms with Crippen LogP contribution in [0.2, 0.25) is 0 Å². The van der Waals surface area contributed by atoms with Crippen molar-refractivity contribution in [3.05, 3.63) is 48.0 Å². The van der Waals surface area contributed by atoms with E-state index in [1.165, 1.54) is 0 Å². The number of aromatic nitrogens is 1. The van der Waals surface area contributed by atoms with E-state index in [-0.39, 0.29) is 17.4 Å². The second kappa shape index (κ2) is 8.23. The third-order valence-electron chi connectivity index (χ3n) is 4.81. The van der Waals surface area contributed by atoms with Crippen LogP contribution in [0.15, 0.2) is 36.7 Å². The Kier molecular flexibility index (Phi) is 6.24. The van der Waals surface area contributed by atoms with Crippen LogP contribution < -0.4 is 10.6 Å². The second-order valence-corrected chi connectivity index (χ2v) is 7.43. The highest BCUT2D eigenvalue weighted by molar-refractivity contribution is 6.03. The number of likely N-dealkylation sites (tertiary alicyclic amines) is 1. The van der Waals surface area contributed by atoms with E-state index in [4.69, 9.17) is 0 Å². The molecular weight excluding hydrogens is 340 g/mol. The van der Waals surface area contributed by atoms with Gasteiger partial charge in [0, 0.05) is 42.4 Å². The maximum absolute atomic E-state index is 12.1. The van der Waals surface area contributed by atoms with Gasteiger partial charge in [-0.3, -0.25) is 14.6 Å². The number of hydrogen-bond acceptors (Lipinski definition) is 4. The fraction of sp³-hybridized carbons (Fsp3) is 0.429. The summed E-state index contributed by atoms with van der Waals surface area (Å²) < 4.78 is 0. The molecule has 27 heavy (non-hydrogen) atoms. The lowest BCUT2D eigenvalue weighted by Gasteiger charge is -2.32. The zero-order valence-electron chi connectivity index (χ0n) is 16.6. The molecule has 2 amide bonds. The fourth-order valence-electron chi connectivity index (χ4n) is 3.03. The summed E-state index contributed by atoms with van der Waals surface area (Å²) in [6.07, 6.45) is 3.19. The van der Waals surface area contributed by atoms with Crippen LogP contribution in [-0.2, 0) is 9.59 Å². The Labute approximate surface area is 161 Å². The van der Waals surface area contributed by atoms with Crippen LogP contribution >= 0.6 is 0 Å². The number of nitrogens with one attached hydrogen (secondary N) is 2. The predicted molar refractivity (Wildman–Crippen MR) is 108 cm³/mol. The maximum atomic E-state index is 12.1. The molecule has 0 aromatic carbocycles. The Hall–Kier alpha value is -2.85. The van der Waals surface area contributed by atoms with E-state index in [0.717, 1.165) is 12.0 Å². The summed E-state index contributed by atoms with van der Waals surface area (Å²) >= 11 is 0. The van der Waals surface area contributed by atoms with E-state index in [1.54, 1.807) is 13.1 Å². The summed E-state index contributed by atoms with van der Waals surface area (Å²) in [6.45, 7) is 16.2. The monoisotopic (exact) mass is 368 g/mol. The highest BCUT2D eigenvalue weighted by Crippen LogP contribution is 2.28. The molecule has 1 aliphatic heterocycles. The number of hydrogen-bond donors (Lipinski definition) is 2. The van der Waals surface area contributed by atoms with Crippen molar-refractivity contribution in [1.29, 1.82) is 0 Å². The fourth-order valence-corrected chi connectivity index (χ4v) is 3.03. The summed E-state index contributed by atoms with van der Waals surface area (Å²) in [6, 6.07) is 1.83. The lowest BCUT2D eigenvalue weighted by atomic mass is 10.0. The molecular formula is C21H28N4O2. The van der Waals surface area contributed by atoms with Gasteiger partial charge in [0.2, 0.25) is 5.91 Å². The molecule has 6 nitrogen and oxygen atoms in total. The number of rotatable bonds is 7. The van der Waals surface area contributed by atoms with E-state index in [0.29, 0.717) is 42.2 Å². The topological polar surface area (TPSA) is 74.3 Å². The van der Waals surface area contributed by atoms with Gasteiger partial charge in [0.05, 0.1) is 17.1 Å². The van der Waals surface area contributed by atoms with Gasteiger partial charge >= 0.3 is 0 Å². The van der Waals surface area contributed by atoms with Gasteiger partial charge in [0.15, 0.2) is 0 Å². The third-order valence-corrected chi connectivity index (χ3v) is 4.81. The molecule has 0 aliphatic carbocycles. The number of carbonyl (C=O) groups is 2. The second-order valence-electron chi connectivity index (χ2n) is 7.43. The minimum absolute atomic E-state index is 0.109. The zero-order chi connectivity index (χ0) is 20.2. The number of anilines is 1. The van der Waals surface area contributed by atoms with E-state index in [2.05, 4.69) is 48.4 Å². The Balaban J connectivity index is 2.07. The van der Waals surface area contributed by atoms with Gasteiger partial charge in [-0.15, -0.1) is 5.73 Å². The van der Waals surface area contributed by atoms with Crippen molar-refractivity contribution in [2.75, 3.05) is 18.4 Å². The van der Waals surface area contributed by atoms with E-state index in [1.807, 2.05) is 17.9 Å². The maximum Gasteiger partial charge on any atom is 0.250 e. The molecule has 6 heteroatoms. The lowest BCUT2D eigenvalue weighted by molar-refractivity contribution is -0.130. The molecule has 2 heterocycles. The SMILES string of the molecule is C=C=C(NCCN1C(=O)CCC1(C)C)c1cnc(C)c(NC(=O)C(=C)C)c1. The van der Waals surface area contributed by atoms with Gasteiger partial charge in [-0.1, -0.05) is 13.2 Å². The van der Waals surface area contributed by atoms with Crippen molar-refractivity contribution in [2.24, 2.45) is 0 Å². The quantitative estimate of drug-likeness (QED) is 0.573. The first-order chi connectivity index (χ1) is 12.7. The molecule has 0 spiro atoms. The van der Waals surface area contributed by atoms with Crippen LogP contribution in [0.4, 0.5) is 5.69 Å². The van der Waals surface area contributed by atoms with Crippen LogP contribution in [0.1, 0.15) is 44.9 Å². The van der Waals surface area contributed by atoms with Crippen LogP contribution in [0, 0.1) is 6.92 Å². The average Bonchev–Trinajstić information content (AvgIpc) is 2.87. The summed E-state index contributed by atoms with van der Waals surface area (Å²) in [5.41, 5.74) is 5.97. The molecule has 0 saturated carbocycles. The van der Waals surface area contributed by atoms with Crippen LogP contribution in [0.25, 0.3) is 5.70 Å². The Bertz CT molecular complexity index is 819. The molecule has 1 aromatic heterocycles. The van der Waals surface area contributed by atoms with Crippen LogP contribution in [0.3, 0.4) is 0 Å². The van der Waals surface area contributed by atoms with Crippen molar-refractivity contribution in [3.63, 3.8) is 0 Å². The minimum atomic E-state index is -0.246. The molecule has 0 bridgehead atoms. The number of pyridine rings is 1. The van der Waals surface area contributed by atoms with E-state index in [9.17, 15) is 9.59 Å².